The van der Waals surface area contributed by atoms with E-state index in [1.54, 1.807) is 0 Å². The number of carbonyl (C=O) groups is 1. The van der Waals surface area contributed by atoms with Crippen LogP contribution in [0.25, 0.3) is 0 Å². The first-order chi connectivity index (χ1) is 9.20. The number of carbonyl (C=O) groups excluding carboxylic acids is 1. The van der Waals surface area contributed by atoms with E-state index in [-0.39, 0.29) is 12.1 Å². The molecule has 0 bridgehead atoms. The van der Waals surface area contributed by atoms with Gasteiger partial charge >= 0.3 is 6.03 Å². The van der Waals surface area contributed by atoms with Gasteiger partial charge in [0, 0.05) is 38.3 Å². The number of likely N-dealkylation sites (tertiary alicyclic amines) is 1. The minimum atomic E-state index is 0.114. The summed E-state index contributed by atoms with van der Waals surface area (Å²) in [5, 5.41) is 3.11. The summed E-state index contributed by atoms with van der Waals surface area (Å²) >= 11 is 1.83. The molecule has 0 aromatic rings. The Hall–Kier alpha value is -0.680. The smallest absolute Gasteiger partial charge is 0.317 e. The molecule has 0 unspecified atom stereocenters. The van der Waals surface area contributed by atoms with Gasteiger partial charge in [-0.05, 0) is 31.8 Å². The van der Waals surface area contributed by atoms with Crippen LogP contribution in [0.2, 0.25) is 0 Å². The number of hydrogen-bond donors (Lipinski definition) is 1. The highest BCUT2D eigenvalue weighted by atomic mass is 32.2. The third kappa shape index (κ3) is 4.14. The molecule has 0 radical (unpaired) electrons. The van der Waals surface area contributed by atoms with Crippen molar-refractivity contribution in [2.75, 3.05) is 38.2 Å². The average molecular weight is 283 g/mol. The van der Waals surface area contributed by atoms with Gasteiger partial charge in [-0.15, -0.1) is 0 Å². The second-order valence-electron chi connectivity index (χ2n) is 5.45. The lowest BCUT2D eigenvalue weighted by molar-refractivity contribution is 0.197. The van der Waals surface area contributed by atoms with E-state index in [1.807, 2.05) is 16.7 Å². The normalized spacial score (nSPS) is 24.9. The van der Waals surface area contributed by atoms with Crippen LogP contribution >= 0.6 is 11.8 Å². The van der Waals surface area contributed by atoms with Crippen LogP contribution in [0.15, 0.2) is 12.2 Å². The minimum absolute atomic E-state index is 0.114. The first-order valence-electron chi connectivity index (χ1n) is 7.14. The zero-order chi connectivity index (χ0) is 13.7. The summed E-state index contributed by atoms with van der Waals surface area (Å²) in [6.07, 6.45) is 8.68. The summed E-state index contributed by atoms with van der Waals surface area (Å²) in [6.45, 7) is 5.95. The molecule has 2 aliphatic heterocycles. The van der Waals surface area contributed by atoms with Crippen molar-refractivity contribution in [2.45, 2.75) is 31.8 Å². The van der Waals surface area contributed by atoms with Crippen LogP contribution in [0.4, 0.5) is 4.79 Å². The van der Waals surface area contributed by atoms with Gasteiger partial charge in [0.2, 0.25) is 0 Å². The molecule has 2 amide bonds. The van der Waals surface area contributed by atoms with Gasteiger partial charge in [0.25, 0.3) is 0 Å². The maximum absolute atomic E-state index is 12.2. The van der Waals surface area contributed by atoms with Crippen molar-refractivity contribution >= 4 is 17.8 Å². The van der Waals surface area contributed by atoms with E-state index in [2.05, 4.69) is 35.5 Å². The molecule has 4 nitrogen and oxygen atoms in total. The predicted molar refractivity (Wildman–Crippen MR) is 81.7 cm³/mol. The standard InChI is InChI=1S/C14H25N3OS/c1-12(6-10-19-2)15-14(18)17-9-5-13(11-17)16-7-3-4-8-16/h3-4,12-13H,5-11H2,1-2H3,(H,15,18)/t12-,13-/m0/s1. The van der Waals surface area contributed by atoms with Gasteiger partial charge in [0.1, 0.15) is 0 Å². The van der Waals surface area contributed by atoms with Crippen LogP contribution < -0.4 is 5.32 Å². The lowest BCUT2D eigenvalue weighted by atomic mass is 10.2. The third-order valence-corrected chi connectivity index (χ3v) is 4.58. The predicted octanol–water partition coefficient (Wildman–Crippen LogP) is 1.78. The van der Waals surface area contributed by atoms with Crippen LogP contribution in [0, 0.1) is 0 Å². The van der Waals surface area contributed by atoms with E-state index < -0.39 is 0 Å². The molecule has 1 saturated heterocycles. The second kappa shape index (κ2) is 7.20. The van der Waals surface area contributed by atoms with Crippen LogP contribution in [-0.2, 0) is 0 Å². The second-order valence-corrected chi connectivity index (χ2v) is 6.43. The molecular weight excluding hydrogens is 258 g/mol. The van der Waals surface area contributed by atoms with E-state index in [9.17, 15) is 4.79 Å². The molecule has 0 saturated carbocycles. The highest BCUT2D eigenvalue weighted by molar-refractivity contribution is 7.98. The van der Waals surface area contributed by atoms with E-state index in [4.69, 9.17) is 0 Å². The largest absolute Gasteiger partial charge is 0.336 e. The molecule has 0 aromatic heterocycles. The lowest BCUT2D eigenvalue weighted by Crippen LogP contribution is -2.44. The molecule has 2 aliphatic rings. The van der Waals surface area contributed by atoms with Crippen molar-refractivity contribution in [2.24, 2.45) is 0 Å². The molecule has 0 aliphatic carbocycles. The summed E-state index contributed by atoms with van der Waals surface area (Å²) in [4.78, 5) is 16.6. The maximum Gasteiger partial charge on any atom is 0.317 e. The number of hydrogen-bond acceptors (Lipinski definition) is 3. The molecule has 5 heteroatoms. The quantitative estimate of drug-likeness (QED) is 0.781. The van der Waals surface area contributed by atoms with Crippen molar-refractivity contribution in [1.82, 2.24) is 15.1 Å². The summed E-state index contributed by atoms with van der Waals surface area (Å²) in [7, 11) is 0. The molecular formula is C14H25N3OS. The molecule has 108 valence electrons. The average Bonchev–Trinajstić information content (AvgIpc) is 3.05. The maximum atomic E-state index is 12.2. The number of nitrogens with one attached hydrogen (secondary N) is 1. The Labute approximate surface area is 120 Å². The molecule has 1 fully saturated rings. The Morgan fingerprint density at radius 3 is 2.89 bits per heavy atom. The number of rotatable bonds is 5. The monoisotopic (exact) mass is 283 g/mol. The zero-order valence-corrected chi connectivity index (χ0v) is 12.8. The van der Waals surface area contributed by atoms with Gasteiger partial charge in [0.15, 0.2) is 0 Å². The molecule has 1 N–H and O–H groups in total. The van der Waals surface area contributed by atoms with Crippen molar-refractivity contribution < 1.29 is 4.79 Å². The van der Waals surface area contributed by atoms with Gasteiger partial charge in [-0.1, -0.05) is 12.2 Å². The number of amides is 2. The van der Waals surface area contributed by atoms with Crippen molar-refractivity contribution in [3.8, 4) is 0 Å². The van der Waals surface area contributed by atoms with Crippen LogP contribution in [0.5, 0.6) is 0 Å². The number of thioether (sulfide) groups is 1. The SMILES string of the molecule is CSCC[C@H](C)NC(=O)N1CC[C@H](N2CC=CC2)C1. The lowest BCUT2D eigenvalue weighted by Gasteiger charge is -2.24. The Kier molecular flexibility index (Phi) is 5.58. The molecule has 2 heterocycles. The third-order valence-electron chi connectivity index (χ3n) is 3.94. The van der Waals surface area contributed by atoms with E-state index in [1.165, 1.54) is 0 Å². The Bertz CT molecular complexity index is 327. The highest BCUT2D eigenvalue weighted by Crippen LogP contribution is 2.18. The Morgan fingerprint density at radius 2 is 2.21 bits per heavy atom. The van der Waals surface area contributed by atoms with Crippen molar-refractivity contribution in [1.29, 1.82) is 0 Å². The van der Waals surface area contributed by atoms with Gasteiger partial charge in [-0.3, -0.25) is 4.90 Å². The Balaban J connectivity index is 1.72. The molecule has 19 heavy (non-hydrogen) atoms. The fourth-order valence-corrected chi connectivity index (χ4v) is 3.27. The summed E-state index contributed by atoms with van der Waals surface area (Å²) in [5.41, 5.74) is 0. The molecule has 0 spiro atoms. The fourth-order valence-electron chi connectivity index (χ4n) is 2.69. The van der Waals surface area contributed by atoms with Gasteiger partial charge in [-0.25, -0.2) is 4.79 Å². The van der Waals surface area contributed by atoms with Gasteiger partial charge in [0.05, 0.1) is 0 Å². The fraction of sp³-hybridized carbons (Fsp3) is 0.786. The number of urea groups is 1. The first kappa shape index (κ1) is 14.7. The molecule has 2 atom stereocenters. The molecule has 2 rings (SSSR count). The van der Waals surface area contributed by atoms with E-state index >= 15 is 0 Å². The number of nitrogens with zero attached hydrogens (tertiary/aromatic N) is 2. The first-order valence-corrected chi connectivity index (χ1v) is 8.53. The summed E-state index contributed by atoms with van der Waals surface area (Å²) in [5.74, 6) is 1.10. The van der Waals surface area contributed by atoms with Crippen LogP contribution in [-0.4, -0.2) is 66.1 Å². The van der Waals surface area contributed by atoms with Gasteiger partial charge < -0.3 is 10.2 Å². The van der Waals surface area contributed by atoms with Crippen LogP contribution in [0.1, 0.15) is 19.8 Å². The van der Waals surface area contributed by atoms with Crippen molar-refractivity contribution in [3.05, 3.63) is 12.2 Å². The highest BCUT2D eigenvalue weighted by Gasteiger charge is 2.30. The van der Waals surface area contributed by atoms with Gasteiger partial charge in [-0.2, -0.15) is 11.8 Å². The van der Waals surface area contributed by atoms with E-state index in [0.29, 0.717) is 6.04 Å². The zero-order valence-electron chi connectivity index (χ0n) is 12.0. The van der Waals surface area contributed by atoms with E-state index in [0.717, 1.165) is 44.8 Å². The summed E-state index contributed by atoms with van der Waals surface area (Å²) < 4.78 is 0. The Morgan fingerprint density at radius 1 is 1.47 bits per heavy atom. The topological polar surface area (TPSA) is 35.6 Å². The van der Waals surface area contributed by atoms with Crippen molar-refractivity contribution in [3.63, 3.8) is 0 Å². The van der Waals surface area contributed by atoms with Crippen LogP contribution in [0.3, 0.4) is 0 Å². The molecule has 0 aromatic carbocycles. The minimum Gasteiger partial charge on any atom is -0.336 e. The summed E-state index contributed by atoms with van der Waals surface area (Å²) in [6, 6.07) is 0.929.